The van der Waals surface area contributed by atoms with E-state index >= 15 is 0 Å². The minimum absolute atomic E-state index is 0.117. The van der Waals surface area contributed by atoms with Crippen LogP contribution in [-0.2, 0) is 0 Å². The van der Waals surface area contributed by atoms with Gasteiger partial charge in [0.05, 0.1) is 11.0 Å². The molecule has 0 amide bonds. The van der Waals surface area contributed by atoms with E-state index in [1.165, 1.54) is 6.33 Å². The summed E-state index contributed by atoms with van der Waals surface area (Å²) in [7, 11) is 0. The molecule has 1 aromatic rings. The van der Waals surface area contributed by atoms with Gasteiger partial charge in [0.1, 0.15) is 6.33 Å². The lowest BCUT2D eigenvalue weighted by atomic mass is 10.1. The van der Waals surface area contributed by atoms with Crippen LogP contribution in [0.4, 0.5) is 17.3 Å². The fourth-order valence-electron chi connectivity index (χ4n) is 2.54. The third kappa shape index (κ3) is 3.78. The summed E-state index contributed by atoms with van der Waals surface area (Å²) in [6.45, 7) is 3.06. The summed E-state index contributed by atoms with van der Waals surface area (Å²) in [5, 5.41) is 27.0. The zero-order valence-corrected chi connectivity index (χ0v) is 12.1. The standard InChI is InChI=1S/C13H21N5O3/c1-2-6-14-12-11(18(20)21)13(17-8-16-12)15-7-9-4-3-5-10(9)19/h8-10,19H,2-7H2,1H3,(H2,14,15,16,17). The number of nitro groups is 1. The molecule has 0 saturated heterocycles. The third-order valence-electron chi connectivity index (χ3n) is 3.70. The lowest BCUT2D eigenvalue weighted by Crippen LogP contribution is -2.23. The normalized spacial score (nSPS) is 21.2. The van der Waals surface area contributed by atoms with E-state index in [9.17, 15) is 15.2 Å². The molecule has 1 heterocycles. The molecule has 116 valence electrons. The zero-order valence-electron chi connectivity index (χ0n) is 12.1. The van der Waals surface area contributed by atoms with Crippen LogP contribution >= 0.6 is 0 Å². The second-order valence-corrected chi connectivity index (χ2v) is 5.24. The fraction of sp³-hybridized carbons (Fsp3) is 0.692. The van der Waals surface area contributed by atoms with Crippen molar-refractivity contribution in [3.05, 3.63) is 16.4 Å². The average molecular weight is 295 g/mol. The molecule has 1 aliphatic rings. The Morgan fingerprint density at radius 1 is 1.38 bits per heavy atom. The van der Waals surface area contributed by atoms with Crippen molar-refractivity contribution in [3.63, 3.8) is 0 Å². The molecule has 1 saturated carbocycles. The van der Waals surface area contributed by atoms with E-state index in [0.29, 0.717) is 13.1 Å². The molecule has 21 heavy (non-hydrogen) atoms. The molecule has 2 unspecified atom stereocenters. The first-order valence-corrected chi connectivity index (χ1v) is 7.28. The zero-order chi connectivity index (χ0) is 15.2. The summed E-state index contributed by atoms with van der Waals surface area (Å²) in [6.07, 6.45) is 4.52. The SMILES string of the molecule is CCCNc1ncnc(NCC2CCCC2O)c1[N+](=O)[O-]. The van der Waals surface area contributed by atoms with Gasteiger partial charge >= 0.3 is 5.69 Å². The number of hydrogen-bond acceptors (Lipinski definition) is 7. The van der Waals surface area contributed by atoms with Gasteiger partial charge in [0.2, 0.25) is 11.6 Å². The maximum atomic E-state index is 11.3. The number of aromatic nitrogens is 2. The van der Waals surface area contributed by atoms with E-state index in [-0.39, 0.29) is 29.3 Å². The first-order valence-electron chi connectivity index (χ1n) is 7.28. The van der Waals surface area contributed by atoms with Gasteiger partial charge in [-0.3, -0.25) is 10.1 Å². The number of nitrogens with one attached hydrogen (secondary N) is 2. The highest BCUT2D eigenvalue weighted by Gasteiger charge is 2.27. The van der Waals surface area contributed by atoms with E-state index in [4.69, 9.17) is 0 Å². The first-order chi connectivity index (χ1) is 10.1. The predicted molar refractivity (Wildman–Crippen MR) is 79.3 cm³/mol. The molecule has 3 N–H and O–H groups in total. The predicted octanol–water partition coefficient (Wildman–Crippen LogP) is 1.78. The Hall–Kier alpha value is -1.96. The maximum absolute atomic E-state index is 11.3. The highest BCUT2D eigenvalue weighted by Crippen LogP contribution is 2.30. The molecule has 0 spiro atoms. The van der Waals surface area contributed by atoms with Crippen molar-refractivity contribution in [3.8, 4) is 0 Å². The molecule has 1 aromatic heterocycles. The van der Waals surface area contributed by atoms with Gasteiger partial charge < -0.3 is 15.7 Å². The Labute approximate surface area is 123 Å². The van der Waals surface area contributed by atoms with E-state index < -0.39 is 4.92 Å². The van der Waals surface area contributed by atoms with Gasteiger partial charge in [-0.1, -0.05) is 13.3 Å². The molecular formula is C13H21N5O3. The number of aliphatic hydroxyl groups is 1. The molecule has 0 bridgehead atoms. The van der Waals surface area contributed by atoms with Crippen LogP contribution in [0.25, 0.3) is 0 Å². The van der Waals surface area contributed by atoms with Crippen LogP contribution in [0.3, 0.4) is 0 Å². The van der Waals surface area contributed by atoms with Crippen molar-refractivity contribution in [2.75, 3.05) is 23.7 Å². The fourth-order valence-corrected chi connectivity index (χ4v) is 2.54. The van der Waals surface area contributed by atoms with E-state index in [1.54, 1.807) is 0 Å². The molecule has 8 heteroatoms. The summed E-state index contributed by atoms with van der Waals surface area (Å²) in [6, 6.07) is 0. The van der Waals surface area contributed by atoms with Gasteiger partial charge in [-0.05, 0) is 19.3 Å². The smallest absolute Gasteiger partial charge is 0.353 e. The quantitative estimate of drug-likeness (QED) is 0.519. The lowest BCUT2D eigenvalue weighted by Gasteiger charge is -2.15. The Bertz CT molecular complexity index is 497. The Kier molecular flexibility index (Phi) is 5.26. The second kappa shape index (κ2) is 7.16. The van der Waals surface area contributed by atoms with Crippen molar-refractivity contribution in [2.45, 2.75) is 38.7 Å². The van der Waals surface area contributed by atoms with Crippen LogP contribution in [-0.4, -0.2) is 39.2 Å². The van der Waals surface area contributed by atoms with Crippen LogP contribution < -0.4 is 10.6 Å². The molecule has 0 aromatic carbocycles. The number of rotatable bonds is 7. The monoisotopic (exact) mass is 295 g/mol. The number of aliphatic hydroxyl groups excluding tert-OH is 1. The minimum atomic E-state index is -0.481. The molecule has 1 fully saturated rings. The van der Waals surface area contributed by atoms with Gasteiger partial charge in [-0.15, -0.1) is 0 Å². The lowest BCUT2D eigenvalue weighted by molar-refractivity contribution is -0.383. The van der Waals surface area contributed by atoms with Crippen molar-refractivity contribution in [2.24, 2.45) is 5.92 Å². The Morgan fingerprint density at radius 3 is 2.67 bits per heavy atom. The molecule has 8 nitrogen and oxygen atoms in total. The van der Waals surface area contributed by atoms with Gasteiger partial charge in [0.15, 0.2) is 0 Å². The van der Waals surface area contributed by atoms with Gasteiger partial charge in [0.25, 0.3) is 0 Å². The van der Waals surface area contributed by atoms with Gasteiger partial charge in [-0.25, -0.2) is 9.97 Å². The largest absolute Gasteiger partial charge is 0.393 e. The molecule has 1 aliphatic carbocycles. The summed E-state index contributed by atoms with van der Waals surface area (Å²) in [4.78, 5) is 18.7. The highest BCUT2D eigenvalue weighted by atomic mass is 16.6. The van der Waals surface area contributed by atoms with Crippen molar-refractivity contribution in [1.29, 1.82) is 0 Å². The maximum Gasteiger partial charge on any atom is 0.353 e. The topological polar surface area (TPSA) is 113 Å². The Morgan fingerprint density at radius 2 is 2.10 bits per heavy atom. The van der Waals surface area contributed by atoms with Crippen molar-refractivity contribution >= 4 is 17.3 Å². The summed E-state index contributed by atoms with van der Waals surface area (Å²) < 4.78 is 0. The summed E-state index contributed by atoms with van der Waals surface area (Å²) >= 11 is 0. The number of hydrogen-bond donors (Lipinski definition) is 3. The minimum Gasteiger partial charge on any atom is -0.393 e. The first kappa shape index (κ1) is 15.4. The van der Waals surface area contributed by atoms with Crippen LogP contribution in [0.1, 0.15) is 32.6 Å². The molecule has 2 rings (SSSR count). The van der Waals surface area contributed by atoms with E-state index in [1.807, 2.05) is 6.92 Å². The average Bonchev–Trinajstić information content (AvgIpc) is 2.87. The second-order valence-electron chi connectivity index (χ2n) is 5.24. The van der Waals surface area contributed by atoms with Crippen LogP contribution in [0.2, 0.25) is 0 Å². The van der Waals surface area contributed by atoms with Crippen LogP contribution in [0.15, 0.2) is 6.33 Å². The van der Waals surface area contributed by atoms with Crippen molar-refractivity contribution < 1.29 is 10.0 Å². The molecular weight excluding hydrogens is 274 g/mol. The van der Waals surface area contributed by atoms with E-state index in [2.05, 4.69) is 20.6 Å². The molecule has 2 atom stereocenters. The Balaban J connectivity index is 2.12. The summed E-state index contributed by atoms with van der Waals surface area (Å²) in [5.41, 5.74) is -0.140. The summed E-state index contributed by atoms with van der Waals surface area (Å²) in [5.74, 6) is 0.547. The van der Waals surface area contributed by atoms with Crippen molar-refractivity contribution in [1.82, 2.24) is 9.97 Å². The van der Waals surface area contributed by atoms with Crippen LogP contribution in [0.5, 0.6) is 0 Å². The highest BCUT2D eigenvalue weighted by molar-refractivity contribution is 5.69. The number of nitrogens with zero attached hydrogens (tertiary/aromatic N) is 3. The van der Waals surface area contributed by atoms with Gasteiger partial charge in [-0.2, -0.15) is 0 Å². The third-order valence-corrected chi connectivity index (χ3v) is 3.70. The van der Waals surface area contributed by atoms with E-state index in [0.717, 1.165) is 25.7 Å². The number of anilines is 2. The molecule has 0 radical (unpaired) electrons. The molecule has 0 aliphatic heterocycles. The van der Waals surface area contributed by atoms with Gasteiger partial charge in [0, 0.05) is 19.0 Å². The van der Waals surface area contributed by atoms with Crippen LogP contribution in [0, 0.1) is 16.0 Å².